The van der Waals surface area contributed by atoms with Crippen LogP contribution in [0.2, 0.25) is 0 Å². The molecule has 2 atom stereocenters. The fourth-order valence-electron chi connectivity index (χ4n) is 2.80. The lowest BCUT2D eigenvalue weighted by molar-refractivity contribution is 0.0612. The number of aliphatic hydroxyl groups excluding tert-OH is 1. The molecule has 1 aromatic rings. The lowest BCUT2D eigenvalue weighted by atomic mass is 10.1. The number of hydrogen-bond donors (Lipinski definition) is 1. The zero-order chi connectivity index (χ0) is 23.6. The number of rotatable bonds is 13. The molecule has 7 heteroatoms. The topological polar surface area (TPSA) is 72.8 Å². The third kappa shape index (κ3) is 15.7. The van der Waals surface area contributed by atoms with Gasteiger partial charge in [0.2, 0.25) is 0 Å². The molecule has 1 rings (SSSR count). The van der Waals surface area contributed by atoms with E-state index in [0.717, 1.165) is 44.2 Å². The number of carbonyl (C=O) groups excluding carboxylic acids is 2. The monoisotopic (exact) mass is 460 g/mol. The van der Waals surface area contributed by atoms with Gasteiger partial charge in [-0.25, -0.2) is 13.6 Å². The van der Waals surface area contributed by atoms with Crippen LogP contribution >= 0.6 is 0 Å². The molecule has 0 aliphatic rings. The Morgan fingerprint density at radius 1 is 0.969 bits per heavy atom. The SMILES string of the molecule is C.CCCCCCC(C)O.CCCCCCC(C)OC(=O)Oc1cc(F)c(C=O)c(F)c1. The van der Waals surface area contributed by atoms with Crippen molar-refractivity contribution in [3.8, 4) is 5.75 Å². The summed E-state index contributed by atoms with van der Waals surface area (Å²) in [6.45, 7) is 7.88. The first kappa shape index (κ1) is 32.2. The molecule has 0 saturated carbocycles. The first-order valence-electron chi connectivity index (χ1n) is 11.3. The Balaban J connectivity index is 0. The molecule has 0 heterocycles. The Kier molecular flexibility index (Phi) is 19.7. The lowest BCUT2D eigenvalue weighted by Gasteiger charge is -2.13. The van der Waals surface area contributed by atoms with Gasteiger partial charge >= 0.3 is 6.16 Å². The number of carbonyl (C=O) groups is 2. The van der Waals surface area contributed by atoms with Gasteiger partial charge in [0.25, 0.3) is 0 Å². The zero-order valence-electron chi connectivity index (χ0n) is 19.3. The van der Waals surface area contributed by atoms with Gasteiger partial charge in [-0.3, -0.25) is 4.79 Å². The Hall–Kier alpha value is -2.02. The Morgan fingerprint density at radius 3 is 1.91 bits per heavy atom. The quantitative estimate of drug-likeness (QED) is 0.142. The zero-order valence-corrected chi connectivity index (χ0v) is 19.3. The average Bonchev–Trinajstić information content (AvgIpc) is 2.68. The fraction of sp³-hybridized carbons (Fsp3) is 0.680. The van der Waals surface area contributed by atoms with Gasteiger partial charge < -0.3 is 14.6 Å². The highest BCUT2D eigenvalue weighted by Gasteiger charge is 2.16. The summed E-state index contributed by atoms with van der Waals surface area (Å²) in [6.07, 6.45) is 9.55. The number of aldehydes is 1. The number of unbranched alkanes of at least 4 members (excludes halogenated alkanes) is 6. The molecule has 0 radical (unpaired) electrons. The molecule has 0 saturated heterocycles. The van der Waals surface area contributed by atoms with Crippen LogP contribution in [-0.4, -0.2) is 29.8 Å². The minimum absolute atomic E-state index is 0. The van der Waals surface area contributed by atoms with Crippen LogP contribution in [0.25, 0.3) is 0 Å². The van der Waals surface area contributed by atoms with E-state index in [2.05, 4.69) is 13.8 Å². The van der Waals surface area contributed by atoms with Crippen LogP contribution in [0.5, 0.6) is 5.75 Å². The van der Waals surface area contributed by atoms with Crippen LogP contribution in [0, 0.1) is 11.6 Å². The van der Waals surface area contributed by atoms with Gasteiger partial charge in [-0.2, -0.15) is 0 Å². The van der Waals surface area contributed by atoms with E-state index in [1.54, 1.807) is 6.92 Å². The second kappa shape index (κ2) is 19.6. The van der Waals surface area contributed by atoms with E-state index in [4.69, 9.17) is 14.6 Å². The minimum Gasteiger partial charge on any atom is -0.431 e. The molecule has 1 aromatic carbocycles. The molecular formula is C25H42F2O5. The minimum atomic E-state index is -1.09. The van der Waals surface area contributed by atoms with Crippen molar-refractivity contribution in [2.75, 3.05) is 0 Å². The smallest absolute Gasteiger partial charge is 0.431 e. The second-order valence-electron chi connectivity index (χ2n) is 7.75. The van der Waals surface area contributed by atoms with Crippen molar-refractivity contribution in [3.63, 3.8) is 0 Å². The van der Waals surface area contributed by atoms with Crippen molar-refractivity contribution in [2.45, 2.75) is 112 Å². The Labute approximate surface area is 192 Å². The molecule has 0 fully saturated rings. The molecular weight excluding hydrogens is 418 g/mol. The predicted molar refractivity (Wildman–Crippen MR) is 124 cm³/mol. The average molecular weight is 461 g/mol. The maximum atomic E-state index is 13.4. The molecule has 0 aliphatic carbocycles. The fourth-order valence-corrected chi connectivity index (χ4v) is 2.80. The summed E-state index contributed by atoms with van der Waals surface area (Å²) in [4.78, 5) is 22.0. The van der Waals surface area contributed by atoms with Gasteiger partial charge in [-0.05, 0) is 33.1 Å². The molecule has 0 aliphatic heterocycles. The highest BCUT2D eigenvalue weighted by Crippen LogP contribution is 2.20. The standard InChI is InChI=1S/C16H20F2O4.C8H18O.CH4/c1-3-4-5-6-7-11(2)21-16(20)22-12-8-14(17)13(10-19)15(18)9-12;1-3-4-5-6-7-8(2)9;/h8-11H,3-7H2,1-2H3;8-9H,3-7H2,1-2H3;1H4. The predicted octanol–water partition coefficient (Wildman–Crippen LogP) is 7.63. The van der Waals surface area contributed by atoms with E-state index in [-0.39, 0.29) is 31.7 Å². The molecule has 0 bridgehead atoms. The first-order chi connectivity index (χ1) is 14.7. The Bertz CT molecular complexity index is 612. The summed E-state index contributed by atoms with van der Waals surface area (Å²) < 4.78 is 36.4. The summed E-state index contributed by atoms with van der Waals surface area (Å²) in [6, 6.07) is 1.53. The van der Waals surface area contributed by atoms with Crippen molar-refractivity contribution in [1.82, 2.24) is 0 Å². The van der Waals surface area contributed by atoms with Gasteiger partial charge in [0.15, 0.2) is 6.29 Å². The van der Waals surface area contributed by atoms with Crippen molar-refractivity contribution in [2.24, 2.45) is 0 Å². The maximum absolute atomic E-state index is 13.4. The largest absolute Gasteiger partial charge is 0.514 e. The van der Waals surface area contributed by atoms with Crippen LogP contribution in [0.3, 0.4) is 0 Å². The summed E-state index contributed by atoms with van der Waals surface area (Å²) in [5, 5.41) is 8.85. The van der Waals surface area contributed by atoms with Crippen molar-refractivity contribution in [3.05, 3.63) is 29.3 Å². The van der Waals surface area contributed by atoms with Crippen LogP contribution in [0.1, 0.15) is 110 Å². The van der Waals surface area contributed by atoms with Crippen LogP contribution in [-0.2, 0) is 4.74 Å². The summed E-state index contributed by atoms with van der Waals surface area (Å²) in [5.74, 6) is -2.53. The van der Waals surface area contributed by atoms with Gasteiger partial charge in [0.1, 0.15) is 23.5 Å². The molecule has 5 nitrogen and oxygen atoms in total. The normalized spacial score (nSPS) is 12.0. The summed E-state index contributed by atoms with van der Waals surface area (Å²) in [5.41, 5.74) is -0.704. The molecule has 186 valence electrons. The van der Waals surface area contributed by atoms with Gasteiger partial charge in [0.05, 0.1) is 11.7 Å². The van der Waals surface area contributed by atoms with Crippen LogP contribution in [0.15, 0.2) is 12.1 Å². The van der Waals surface area contributed by atoms with E-state index in [9.17, 15) is 18.4 Å². The van der Waals surface area contributed by atoms with Gasteiger partial charge in [-0.15, -0.1) is 0 Å². The number of halogens is 2. The molecule has 0 amide bonds. The number of hydrogen-bond acceptors (Lipinski definition) is 5. The van der Waals surface area contributed by atoms with Crippen molar-refractivity contribution >= 4 is 12.4 Å². The maximum Gasteiger partial charge on any atom is 0.514 e. The highest BCUT2D eigenvalue weighted by atomic mass is 19.1. The molecule has 2 unspecified atom stereocenters. The van der Waals surface area contributed by atoms with E-state index >= 15 is 0 Å². The molecule has 32 heavy (non-hydrogen) atoms. The Morgan fingerprint density at radius 2 is 1.47 bits per heavy atom. The second-order valence-corrected chi connectivity index (χ2v) is 7.75. The number of ether oxygens (including phenoxy) is 2. The van der Waals surface area contributed by atoms with E-state index in [0.29, 0.717) is 6.42 Å². The van der Waals surface area contributed by atoms with Crippen molar-refractivity contribution < 1.29 is 33.0 Å². The van der Waals surface area contributed by atoms with Gasteiger partial charge in [0, 0.05) is 12.1 Å². The number of aliphatic hydroxyl groups is 1. The first-order valence-corrected chi connectivity index (χ1v) is 11.3. The van der Waals surface area contributed by atoms with Crippen LogP contribution in [0.4, 0.5) is 13.6 Å². The third-order valence-corrected chi connectivity index (χ3v) is 4.61. The summed E-state index contributed by atoms with van der Waals surface area (Å²) >= 11 is 0. The lowest BCUT2D eigenvalue weighted by Crippen LogP contribution is -2.18. The summed E-state index contributed by atoms with van der Waals surface area (Å²) in [7, 11) is 0. The van der Waals surface area contributed by atoms with Crippen molar-refractivity contribution in [1.29, 1.82) is 0 Å². The van der Waals surface area contributed by atoms with E-state index in [1.807, 2.05) is 6.92 Å². The van der Waals surface area contributed by atoms with E-state index < -0.39 is 23.4 Å². The van der Waals surface area contributed by atoms with Gasteiger partial charge in [-0.1, -0.05) is 66.2 Å². The molecule has 0 spiro atoms. The highest BCUT2D eigenvalue weighted by molar-refractivity contribution is 5.76. The molecule has 1 N–H and O–H groups in total. The third-order valence-electron chi connectivity index (χ3n) is 4.61. The van der Waals surface area contributed by atoms with Crippen LogP contribution < -0.4 is 4.74 Å². The number of benzene rings is 1. The van der Waals surface area contributed by atoms with E-state index in [1.165, 1.54) is 25.7 Å². The molecule has 0 aromatic heterocycles.